The van der Waals surface area contributed by atoms with Gasteiger partial charge in [-0.15, -0.1) is 0 Å². The third kappa shape index (κ3) is 6.62. The highest BCUT2D eigenvalue weighted by molar-refractivity contribution is 5.96. The van der Waals surface area contributed by atoms with E-state index >= 15 is 0 Å². The number of Topliss-reactive ketones (excluding diaryl/α,β-unsaturated/α-hetero) is 1. The van der Waals surface area contributed by atoms with Gasteiger partial charge in [-0.25, -0.2) is 9.97 Å². The quantitative estimate of drug-likeness (QED) is 0.280. The smallest absolute Gasteiger partial charge is 0.181 e. The summed E-state index contributed by atoms with van der Waals surface area (Å²) in [6.07, 6.45) is 7.40. The lowest BCUT2D eigenvalue weighted by Crippen LogP contribution is -2.36. The number of fused-ring (bicyclic) bond motifs is 1. The van der Waals surface area contributed by atoms with Crippen LogP contribution in [0.3, 0.4) is 0 Å². The number of aromatic nitrogens is 3. The minimum absolute atomic E-state index is 0.0160. The third-order valence-corrected chi connectivity index (χ3v) is 6.67. The fourth-order valence-corrected chi connectivity index (χ4v) is 4.54. The fourth-order valence-electron chi connectivity index (χ4n) is 4.54. The van der Waals surface area contributed by atoms with E-state index in [1.54, 1.807) is 30.7 Å². The summed E-state index contributed by atoms with van der Waals surface area (Å²) in [5.74, 6) is 2.10. The van der Waals surface area contributed by atoms with Crippen molar-refractivity contribution in [3.05, 3.63) is 95.6 Å². The van der Waals surface area contributed by atoms with Crippen LogP contribution in [-0.4, -0.2) is 49.9 Å². The fraction of sp³-hybridized carbons (Fsp3) is 0.310. The Kier molecular flexibility index (Phi) is 8.06. The number of carbonyl (C=O) groups excluding carboxylic acids is 1. The Hall–Kier alpha value is -4.08. The van der Waals surface area contributed by atoms with Gasteiger partial charge in [0.15, 0.2) is 17.9 Å². The number of β-amino-alcohol motifs (C(OH)–C–C–N with tert-alkyl or cyclic N) is 1. The van der Waals surface area contributed by atoms with E-state index in [4.69, 9.17) is 9.15 Å². The van der Waals surface area contributed by atoms with Gasteiger partial charge in [-0.2, -0.15) is 0 Å². The Labute approximate surface area is 221 Å². The first-order valence-corrected chi connectivity index (χ1v) is 12.7. The van der Waals surface area contributed by atoms with E-state index < -0.39 is 6.10 Å². The number of carbonyl (C=O) groups is 1. The van der Waals surface area contributed by atoms with E-state index in [1.807, 2.05) is 25.1 Å². The number of anilines is 2. The van der Waals surface area contributed by atoms with E-state index in [9.17, 15) is 9.90 Å². The number of oxazole rings is 1. The molecule has 0 saturated carbocycles. The predicted molar refractivity (Wildman–Crippen MR) is 142 cm³/mol. The summed E-state index contributed by atoms with van der Waals surface area (Å²) in [4.78, 5) is 27.4. The Balaban J connectivity index is 1.09. The summed E-state index contributed by atoms with van der Waals surface area (Å²) < 4.78 is 11.2. The lowest BCUT2D eigenvalue weighted by molar-refractivity contribution is 0.0836. The lowest BCUT2D eigenvalue weighted by atomic mass is 9.98. The van der Waals surface area contributed by atoms with Gasteiger partial charge >= 0.3 is 0 Å². The predicted octanol–water partition coefficient (Wildman–Crippen LogP) is 4.48. The molecule has 4 heterocycles. The number of ketones is 1. The van der Waals surface area contributed by atoms with Crippen molar-refractivity contribution >= 4 is 17.3 Å². The molecule has 0 radical (unpaired) electrons. The molecule has 3 aromatic heterocycles. The van der Waals surface area contributed by atoms with Gasteiger partial charge in [0.25, 0.3) is 0 Å². The van der Waals surface area contributed by atoms with Gasteiger partial charge in [-0.1, -0.05) is 6.07 Å². The van der Waals surface area contributed by atoms with Gasteiger partial charge in [0.2, 0.25) is 0 Å². The Morgan fingerprint density at radius 1 is 1.18 bits per heavy atom. The van der Waals surface area contributed by atoms with Crippen molar-refractivity contribution in [2.45, 2.75) is 45.4 Å². The zero-order valence-electron chi connectivity index (χ0n) is 21.3. The van der Waals surface area contributed by atoms with Crippen LogP contribution in [0.1, 0.15) is 45.8 Å². The maximum atomic E-state index is 12.8. The van der Waals surface area contributed by atoms with Gasteiger partial charge in [-0.3, -0.25) is 14.7 Å². The molecule has 196 valence electrons. The summed E-state index contributed by atoms with van der Waals surface area (Å²) >= 11 is 0. The van der Waals surface area contributed by atoms with E-state index in [-0.39, 0.29) is 12.2 Å². The normalized spacial score (nSPS) is 14.1. The zero-order chi connectivity index (χ0) is 26.3. The van der Waals surface area contributed by atoms with Crippen LogP contribution >= 0.6 is 0 Å². The molecule has 1 aromatic carbocycles. The maximum Gasteiger partial charge on any atom is 0.181 e. The standard InChI is InChI=1S/C29H31N5O4/c1-20-28(38-19-32-20)18-37-26-6-4-23-16-34(12-9-21(23)13-26)17-25(35)5-7-27(36)22-8-11-31-29(14-22)33-24-3-2-10-30-15-24/h2-4,6,8,10-11,13-15,19,25,35H,5,7,9,12,16-18H2,1H3,(H,31,33)/t25-/m0/s1. The van der Waals surface area contributed by atoms with Crippen LogP contribution in [0.4, 0.5) is 11.5 Å². The summed E-state index contributed by atoms with van der Waals surface area (Å²) in [6.45, 7) is 4.38. The van der Waals surface area contributed by atoms with Crippen LogP contribution in [0.25, 0.3) is 0 Å². The molecule has 1 atom stereocenters. The number of ether oxygens (including phenoxy) is 1. The average Bonchev–Trinajstić information content (AvgIpc) is 3.35. The van der Waals surface area contributed by atoms with Crippen LogP contribution in [0, 0.1) is 6.92 Å². The number of rotatable bonds is 11. The molecule has 5 rings (SSSR count). The van der Waals surface area contributed by atoms with Crippen molar-refractivity contribution in [2.75, 3.05) is 18.4 Å². The molecule has 0 spiro atoms. The number of benzene rings is 1. The number of nitrogens with zero attached hydrogens (tertiary/aromatic N) is 4. The highest BCUT2D eigenvalue weighted by Crippen LogP contribution is 2.25. The van der Waals surface area contributed by atoms with E-state index in [0.717, 1.165) is 42.4 Å². The number of hydrogen-bond acceptors (Lipinski definition) is 9. The number of hydrogen-bond donors (Lipinski definition) is 2. The summed E-state index contributed by atoms with van der Waals surface area (Å²) in [7, 11) is 0. The van der Waals surface area contributed by atoms with Crippen molar-refractivity contribution < 1.29 is 19.1 Å². The van der Waals surface area contributed by atoms with Crippen LogP contribution < -0.4 is 10.1 Å². The molecule has 9 nitrogen and oxygen atoms in total. The molecule has 2 N–H and O–H groups in total. The highest BCUT2D eigenvalue weighted by atomic mass is 16.5. The molecule has 9 heteroatoms. The summed E-state index contributed by atoms with van der Waals surface area (Å²) in [6, 6.07) is 13.3. The molecule has 0 fully saturated rings. The molecular formula is C29H31N5O4. The first kappa shape index (κ1) is 25.6. The molecule has 0 aliphatic carbocycles. The van der Waals surface area contributed by atoms with Crippen molar-refractivity contribution in [1.82, 2.24) is 19.9 Å². The van der Waals surface area contributed by atoms with Crippen molar-refractivity contribution in [2.24, 2.45) is 0 Å². The maximum absolute atomic E-state index is 12.8. The first-order valence-electron chi connectivity index (χ1n) is 12.7. The van der Waals surface area contributed by atoms with Gasteiger partial charge in [-0.05, 0) is 67.3 Å². The van der Waals surface area contributed by atoms with Crippen LogP contribution in [0.5, 0.6) is 5.75 Å². The monoisotopic (exact) mass is 513 g/mol. The molecule has 0 bridgehead atoms. The minimum Gasteiger partial charge on any atom is -0.486 e. The third-order valence-electron chi connectivity index (χ3n) is 6.67. The number of pyridine rings is 2. The first-order chi connectivity index (χ1) is 18.5. The van der Waals surface area contributed by atoms with Crippen molar-refractivity contribution in [3.8, 4) is 5.75 Å². The largest absolute Gasteiger partial charge is 0.486 e. The minimum atomic E-state index is -0.580. The number of aliphatic hydroxyl groups is 1. The topological polar surface area (TPSA) is 114 Å². The van der Waals surface area contributed by atoms with Gasteiger partial charge < -0.3 is 19.6 Å². The SMILES string of the molecule is Cc1ncoc1COc1ccc2c(c1)CCN(C[C@@H](O)CCC(=O)c1ccnc(Nc3cccnc3)c1)C2. The molecule has 0 unspecified atom stereocenters. The Bertz CT molecular complexity index is 1370. The second kappa shape index (κ2) is 12.0. The second-order valence-electron chi connectivity index (χ2n) is 9.48. The second-order valence-corrected chi connectivity index (χ2v) is 9.48. The van der Waals surface area contributed by atoms with Crippen LogP contribution in [0.2, 0.25) is 0 Å². The van der Waals surface area contributed by atoms with Crippen LogP contribution in [-0.2, 0) is 19.6 Å². The molecule has 4 aromatic rings. The molecule has 0 amide bonds. The summed E-state index contributed by atoms with van der Waals surface area (Å²) in [5.41, 5.74) is 4.69. The molecule has 0 saturated heterocycles. The Morgan fingerprint density at radius 3 is 2.92 bits per heavy atom. The van der Waals surface area contributed by atoms with Crippen molar-refractivity contribution in [1.29, 1.82) is 0 Å². The molecule has 38 heavy (non-hydrogen) atoms. The van der Waals surface area contributed by atoms with Gasteiger partial charge in [0.05, 0.1) is 23.7 Å². The van der Waals surface area contributed by atoms with Gasteiger partial charge in [0.1, 0.15) is 18.2 Å². The number of aryl methyl sites for hydroxylation is 1. The van der Waals surface area contributed by atoms with Crippen LogP contribution in [0.15, 0.2) is 71.9 Å². The Morgan fingerprint density at radius 2 is 2.11 bits per heavy atom. The molecule has 1 aliphatic heterocycles. The van der Waals surface area contributed by atoms with E-state index in [2.05, 4.69) is 37.3 Å². The average molecular weight is 514 g/mol. The number of aliphatic hydroxyl groups excluding tert-OH is 1. The zero-order valence-corrected chi connectivity index (χ0v) is 21.3. The van der Waals surface area contributed by atoms with E-state index in [1.165, 1.54) is 17.5 Å². The number of nitrogens with one attached hydrogen (secondary N) is 1. The van der Waals surface area contributed by atoms with Crippen molar-refractivity contribution in [3.63, 3.8) is 0 Å². The van der Waals surface area contributed by atoms with Gasteiger partial charge in [0, 0.05) is 44.0 Å². The summed E-state index contributed by atoms with van der Waals surface area (Å²) in [5, 5.41) is 13.8. The van der Waals surface area contributed by atoms with E-state index in [0.29, 0.717) is 31.0 Å². The molecular weight excluding hydrogens is 482 g/mol. The molecule has 1 aliphatic rings. The lowest BCUT2D eigenvalue weighted by Gasteiger charge is -2.30. The highest BCUT2D eigenvalue weighted by Gasteiger charge is 2.20.